The molecule has 0 saturated carbocycles. The van der Waals surface area contributed by atoms with Gasteiger partial charge in [-0.3, -0.25) is 0 Å². The van der Waals surface area contributed by atoms with E-state index < -0.39 is 12.5 Å². The molecule has 15 heavy (non-hydrogen) atoms. The van der Waals surface area contributed by atoms with Crippen LogP contribution < -0.4 is 15.2 Å². The van der Waals surface area contributed by atoms with Crippen LogP contribution in [0.2, 0.25) is 0 Å². The molecule has 84 valence electrons. The number of ether oxygens (including phenoxy) is 2. The lowest BCUT2D eigenvalue weighted by molar-refractivity contribution is 0.00349. The van der Waals surface area contributed by atoms with Gasteiger partial charge in [0.05, 0.1) is 26.3 Å². The Morgan fingerprint density at radius 3 is 2.40 bits per heavy atom. The number of hydrogen-bond acceptors (Lipinski definition) is 3. The highest BCUT2D eigenvalue weighted by Crippen LogP contribution is 2.36. The van der Waals surface area contributed by atoms with Crippen LogP contribution in [0.4, 0.5) is 8.78 Å². The fraction of sp³-hybridized carbons (Fsp3) is 0.400. The fourth-order valence-electron chi connectivity index (χ4n) is 1.21. The molecule has 1 aromatic carbocycles. The first kappa shape index (κ1) is 11.7. The topological polar surface area (TPSA) is 44.5 Å². The summed E-state index contributed by atoms with van der Waals surface area (Å²) in [5, 5.41) is 0. The molecule has 2 N–H and O–H groups in total. The van der Waals surface area contributed by atoms with Gasteiger partial charge in [0, 0.05) is 0 Å². The van der Waals surface area contributed by atoms with E-state index in [0.717, 1.165) is 0 Å². The van der Waals surface area contributed by atoms with Crippen molar-refractivity contribution in [1.82, 2.24) is 0 Å². The molecule has 0 unspecified atom stereocenters. The quantitative estimate of drug-likeness (QED) is 0.835. The third-order valence-corrected chi connectivity index (χ3v) is 2.06. The summed E-state index contributed by atoms with van der Waals surface area (Å²) < 4.78 is 36.5. The molecular formula is C10H13F2NO2. The van der Waals surface area contributed by atoms with Gasteiger partial charge in [-0.1, -0.05) is 0 Å². The Morgan fingerprint density at radius 1 is 1.27 bits per heavy atom. The molecule has 0 aliphatic carbocycles. The molecule has 0 atom stereocenters. The fourth-order valence-corrected chi connectivity index (χ4v) is 1.21. The summed E-state index contributed by atoms with van der Waals surface area (Å²) in [6.45, 7) is -0.767. The van der Waals surface area contributed by atoms with Crippen molar-refractivity contribution in [2.24, 2.45) is 5.73 Å². The molecule has 0 heterocycles. The molecule has 5 heteroatoms. The standard InChI is InChI=1S/C10H13F2NO2/c1-14-7-3-4-9(15-2)8(5-7)10(11,12)6-13/h3-5H,6,13H2,1-2H3. The Balaban J connectivity index is 3.23. The highest BCUT2D eigenvalue weighted by Gasteiger charge is 2.33. The zero-order valence-corrected chi connectivity index (χ0v) is 8.59. The molecule has 0 spiro atoms. The lowest BCUT2D eigenvalue weighted by Gasteiger charge is -2.18. The highest BCUT2D eigenvalue weighted by atomic mass is 19.3. The SMILES string of the molecule is COc1ccc(OC)c(C(F)(F)CN)c1. The van der Waals surface area contributed by atoms with Gasteiger partial charge in [0.1, 0.15) is 11.5 Å². The van der Waals surface area contributed by atoms with Crippen molar-refractivity contribution in [3.05, 3.63) is 23.8 Å². The predicted octanol–water partition coefficient (Wildman–Crippen LogP) is 1.75. The minimum atomic E-state index is -3.11. The second kappa shape index (κ2) is 4.44. The lowest BCUT2D eigenvalue weighted by Crippen LogP contribution is -2.25. The second-order valence-electron chi connectivity index (χ2n) is 2.97. The molecule has 0 saturated heterocycles. The van der Waals surface area contributed by atoms with E-state index in [9.17, 15) is 8.78 Å². The van der Waals surface area contributed by atoms with Gasteiger partial charge in [0.25, 0.3) is 5.92 Å². The number of benzene rings is 1. The Hall–Kier alpha value is -1.36. The molecule has 0 fully saturated rings. The molecule has 0 bridgehead atoms. The van der Waals surface area contributed by atoms with Gasteiger partial charge in [-0.15, -0.1) is 0 Å². The van der Waals surface area contributed by atoms with E-state index in [-0.39, 0.29) is 11.3 Å². The number of rotatable bonds is 4. The minimum absolute atomic E-state index is 0.103. The number of methoxy groups -OCH3 is 2. The molecular weight excluding hydrogens is 204 g/mol. The molecule has 0 aromatic heterocycles. The Kier molecular flexibility index (Phi) is 3.47. The van der Waals surface area contributed by atoms with E-state index in [4.69, 9.17) is 15.2 Å². The first-order chi connectivity index (χ1) is 7.05. The van der Waals surface area contributed by atoms with E-state index in [1.165, 1.54) is 26.4 Å². The van der Waals surface area contributed by atoms with Gasteiger partial charge in [-0.2, -0.15) is 8.78 Å². The summed E-state index contributed by atoms with van der Waals surface area (Å²) in [6.07, 6.45) is 0. The van der Waals surface area contributed by atoms with Crippen molar-refractivity contribution in [3.8, 4) is 11.5 Å². The molecule has 0 aliphatic rings. The molecule has 0 amide bonds. The Bertz CT molecular complexity index is 342. The maximum absolute atomic E-state index is 13.4. The summed E-state index contributed by atoms with van der Waals surface area (Å²) in [5.74, 6) is -2.66. The van der Waals surface area contributed by atoms with Crippen molar-refractivity contribution in [1.29, 1.82) is 0 Å². The third kappa shape index (κ3) is 2.36. The number of halogens is 2. The van der Waals surface area contributed by atoms with E-state index in [2.05, 4.69) is 0 Å². The Labute approximate surface area is 86.8 Å². The van der Waals surface area contributed by atoms with Gasteiger partial charge >= 0.3 is 0 Å². The molecule has 1 aromatic rings. The van der Waals surface area contributed by atoms with Crippen LogP contribution >= 0.6 is 0 Å². The first-order valence-electron chi connectivity index (χ1n) is 4.35. The van der Waals surface area contributed by atoms with Crippen LogP contribution in [0.5, 0.6) is 11.5 Å². The van der Waals surface area contributed by atoms with Crippen LogP contribution in [0.1, 0.15) is 5.56 Å². The smallest absolute Gasteiger partial charge is 0.288 e. The van der Waals surface area contributed by atoms with Crippen molar-refractivity contribution in [3.63, 3.8) is 0 Å². The Morgan fingerprint density at radius 2 is 1.93 bits per heavy atom. The molecule has 0 radical (unpaired) electrons. The second-order valence-corrected chi connectivity index (χ2v) is 2.97. The summed E-state index contributed by atoms with van der Waals surface area (Å²) in [7, 11) is 2.74. The van der Waals surface area contributed by atoms with Crippen LogP contribution in [-0.4, -0.2) is 20.8 Å². The van der Waals surface area contributed by atoms with Gasteiger partial charge in [0.2, 0.25) is 0 Å². The van der Waals surface area contributed by atoms with Crippen molar-refractivity contribution in [2.75, 3.05) is 20.8 Å². The van der Waals surface area contributed by atoms with E-state index in [0.29, 0.717) is 5.75 Å². The largest absolute Gasteiger partial charge is 0.497 e. The van der Waals surface area contributed by atoms with E-state index in [1.54, 1.807) is 6.07 Å². The number of hydrogen-bond donors (Lipinski definition) is 1. The summed E-state index contributed by atoms with van der Waals surface area (Å²) >= 11 is 0. The van der Waals surface area contributed by atoms with Gasteiger partial charge in [0.15, 0.2) is 0 Å². The third-order valence-electron chi connectivity index (χ3n) is 2.06. The van der Waals surface area contributed by atoms with Crippen molar-refractivity contribution >= 4 is 0 Å². The summed E-state index contributed by atoms with van der Waals surface area (Å²) in [4.78, 5) is 0. The normalized spacial score (nSPS) is 11.3. The van der Waals surface area contributed by atoms with Crippen LogP contribution in [0.3, 0.4) is 0 Å². The average Bonchev–Trinajstić information content (AvgIpc) is 2.28. The zero-order chi connectivity index (χ0) is 11.5. The van der Waals surface area contributed by atoms with Crippen LogP contribution in [0.15, 0.2) is 18.2 Å². The van der Waals surface area contributed by atoms with Crippen LogP contribution in [0, 0.1) is 0 Å². The average molecular weight is 217 g/mol. The van der Waals surface area contributed by atoms with Crippen molar-refractivity contribution < 1.29 is 18.3 Å². The predicted molar refractivity (Wildman–Crippen MR) is 52.5 cm³/mol. The van der Waals surface area contributed by atoms with Crippen LogP contribution in [-0.2, 0) is 5.92 Å². The minimum Gasteiger partial charge on any atom is -0.497 e. The maximum atomic E-state index is 13.4. The summed E-state index contributed by atoms with van der Waals surface area (Å²) in [6, 6.07) is 4.21. The highest BCUT2D eigenvalue weighted by molar-refractivity contribution is 5.43. The summed E-state index contributed by atoms with van der Waals surface area (Å²) in [5.41, 5.74) is 4.75. The number of alkyl halides is 2. The monoisotopic (exact) mass is 217 g/mol. The first-order valence-corrected chi connectivity index (χ1v) is 4.35. The van der Waals surface area contributed by atoms with Gasteiger partial charge in [-0.25, -0.2) is 0 Å². The van der Waals surface area contributed by atoms with Crippen LogP contribution in [0.25, 0.3) is 0 Å². The molecule has 3 nitrogen and oxygen atoms in total. The molecule has 0 aliphatic heterocycles. The van der Waals surface area contributed by atoms with E-state index >= 15 is 0 Å². The molecule has 1 rings (SSSR count). The maximum Gasteiger partial charge on any atom is 0.288 e. The zero-order valence-electron chi connectivity index (χ0n) is 8.59. The van der Waals surface area contributed by atoms with Gasteiger partial charge in [-0.05, 0) is 18.2 Å². The lowest BCUT2D eigenvalue weighted by atomic mass is 10.1. The van der Waals surface area contributed by atoms with E-state index in [1.807, 2.05) is 0 Å². The van der Waals surface area contributed by atoms with Gasteiger partial charge < -0.3 is 15.2 Å². The van der Waals surface area contributed by atoms with Crippen molar-refractivity contribution in [2.45, 2.75) is 5.92 Å². The number of nitrogens with two attached hydrogens (primary N) is 1.